The molecule has 1 atom stereocenters. The summed E-state index contributed by atoms with van der Waals surface area (Å²) in [5.41, 5.74) is 2.27. The van der Waals surface area contributed by atoms with Gasteiger partial charge in [-0.2, -0.15) is 0 Å². The molecule has 0 saturated carbocycles. The molecular weight excluding hydrogens is 556 g/mol. The Hall–Kier alpha value is -3.69. The topological polar surface area (TPSA) is 83.0 Å². The number of benzene rings is 2. The number of fused-ring (bicyclic) bond motifs is 1. The Morgan fingerprint density at radius 2 is 1.86 bits per heavy atom. The molecule has 37 heavy (non-hydrogen) atoms. The van der Waals surface area contributed by atoms with E-state index >= 15 is 0 Å². The van der Waals surface area contributed by atoms with Gasteiger partial charge in [-0.05, 0) is 55.8 Å². The highest BCUT2D eigenvalue weighted by Gasteiger charge is 2.33. The highest BCUT2D eigenvalue weighted by molar-refractivity contribution is 9.10. The standard InChI is InChI=1S/C28H23BrN2O5S/c1-4-35-27(33)24-16(2)30-28-31(25(24)18-7-11-20(34-3)12-8-18)26(32)23(37-28)15-21-13-14-22(36-21)17-5-9-19(29)10-6-17/h5-15,25H,4H2,1-3H3/b23-15+/t25-/m1/s1. The molecule has 0 radical (unpaired) electrons. The lowest BCUT2D eigenvalue weighted by Crippen LogP contribution is -2.39. The fourth-order valence-electron chi connectivity index (χ4n) is 4.22. The second-order valence-electron chi connectivity index (χ2n) is 8.28. The van der Waals surface area contributed by atoms with Crippen LogP contribution in [0.3, 0.4) is 0 Å². The van der Waals surface area contributed by atoms with Gasteiger partial charge >= 0.3 is 5.97 Å². The van der Waals surface area contributed by atoms with Crippen LogP contribution in [0.1, 0.15) is 31.2 Å². The molecular formula is C28H23BrN2O5S. The van der Waals surface area contributed by atoms with Crippen LogP contribution in [0.25, 0.3) is 17.4 Å². The Labute approximate surface area is 225 Å². The first-order valence-corrected chi connectivity index (χ1v) is 13.2. The first-order valence-electron chi connectivity index (χ1n) is 11.6. The van der Waals surface area contributed by atoms with Crippen molar-refractivity contribution in [2.45, 2.75) is 19.9 Å². The van der Waals surface area contributed by atoms with E-state index < -0.39 is 12.0 Å². The summed E-state index contributed by atoms with van der Waals surface area (Å²) in [5.74, 6) is 1.42. The van der Waals surface area contributed by atoms with Gasteiger partial charge in [0.15, 0.2) is 4.80 Å². The van der Waals surface area contributed by atoms with E-state index in [-0.39, 0.29) is 12.2 Å². The molecule has 0 N–H and O–H groups in total. The van der Waals surface area contributed by atoms with E-state index in [0.717, 1.165) is 15.6 Å². The highest BCUT2D eigenvalue weighted by Crippen LogP contribution is 2.31. The monoisotopic (exact) mass is 578 g/mol. The predicted octanol–water partition coefficient (Wildman–Crippen LogP) is 4.83. The maximum atomic E-state index is 13.7. The third-order valence-electron chi connectivity index (χ3n) is 5.98. The van der Waals surface area contributed by atoms with Crippen LogP contribution in [-0.4, -0.2) is 24.3 Å². The molecule has 3 heterocycles. The minimum Gasteiger partial charge on any atom is -0.497 e. The second kappa shape index (κ2) is 10.4. The number of furan rings is 1. The normalized spacial score (nSPS) is 15.4. The number of aromatic nitrogens is 1. The van der Waals surface area contributed by atoms with E-state index in [1.807, 2.05) is 48.5 Å². The summed E-state index contributed by atoms with van der Waals surface area (Å²) >= 11 is 4.69. The molecule has 5 rings (SSSR count). The lowest BCUT2D eigenvalue weighted by molar-refractivity contribution is -0.139. The fourth-order valence-corrected chi connectivity index (χ4v) is 5.51. The Bertz CT molecular complexity index is 1680. The molecule has 0 spiro atoms. The van der Waals surface area contributed by atoms with Crippen LogP contribution in [0, 0.1) is 0 Å². The van der Waals surface area contributed by atoms with Crippen LogP contribution >= 0.6 is 27.3 Å². The molecule has 188 valence electrons. The minimum absolute atomic E-state index is 0.217. The Morgan fingerprint density at radius 3 is 2.54 bits per heavy atom. The number of thiazole rings is 1. The Kier molecular flexibility index (Phi) is 6.99. The molecule has 4 aromatic rings. The molecule has 2 aromatic carbocycles. The zero-order valence-electron chi connectivity index (χ0n) is 20.4. The van der Waals surface area contributed by atoms with Crippen LogP contribution in [0.2, 0.25) is 0 Å². The molecule has 1 aliphatic rings. The number of halogens is 1. The molecule has 0 bridgehead atoms. The smallest absolute Gasteiger partial charge is 0.338 e. The highest BCUT2D eigenvalue weighted by atomic mass is 79.9. The van der Waals surface area contributed by atoms with E-state index in [9.17, 15) is 9.59 Å². The zero-order valence-corrected chi connectivity index (χ0v) is 22.8. The Morgan fingerprint density at radius 1 is 1.14 bits per heavy atom. The maximum absolute atomic E-state index is 13.7. The van der Waals surface area contributed by atoms with Gasteiger partial charge in [-0.1, -0.05) is 51.5 Å². The van der Waals surface area contributed by atoms with Crippen molar-refractivity contribution in [3.8, 4) is 17.1 Å². The largest absolute Gasteiger partial charge is 0.497 e. The summed E-state index contributed by atoms with van der Waals surface area (Å²) in [7, 11) is 1.59. The van der Waals surface area contributed by atoms with E-state index in [1.165, 1.54) is 11.3 Å². The quantitative estimate of drug-likeness (QED) is 0.306. The average molecular weight is 579 g/mol. The van der Waals surface area contributed by atoms with E-state index in [1.54, 1.807) is 43.7 Å². The van der Waals surface area contributed by atoms with Gasteiger partial charge in [-0.15, -0.1) is 0 Å². The maximum Gasteiger partial charge on any atom is 0.338 e. The van der Waals surface area contributed by atoms with Gasteiger partial charge in [0.05, 0.1) is 35.6 Å². The van der Waals surface area contributed by atoms with Crippen LogP contribution in [0.5, 0.6) is 5.75 Å². The first-order chi connectivity index (χ1) is 17.9. The number of hydrogen-bond acceptors (Lipinski definition) is 7. The van der Waals surface area contributed by atoms with E-state index in [0.29, 0.717) is 37.9 Å². The number of rotatable bonds is 6. The van der Waals surface area contributed by atoms with Crippen molar-refractivity contribution >= 4 is 39.3 Å². The predicted molar refractivity (Wildman–Crippen MR) is 145 cm³/mol. The fraction of sp³-hybridized carbons (Fsp3) is 0.179. The first kappa shape index (κ1) is 25.0. The second-order valence-corrected chi connectivity index (χ2v) is 10.2. The number of methoxy groups -OCH3 is 1. The molecule has 0 saturated heterocycles. The van der Waals surface area contributed by atoms with Crippen molar-refractivity contribution in [2.75, 3.05) is 13.7 Å². The van der Waals surface area contributed by atoms with Crippen LogP contribution in [0.4, 0.5) is 0 Å². The van der Waals surface area contributed by atoms with Gasteiger partial charge in [0.1, 0.15) is 17.3 Å². The zero-order chi connectivity index (χ0) is 26.1. The summed E-state index contributed by atoms with van der Waals surface area (Å²) < 4.78 is 19.6. The summed E-state index contributed by atoms with van der Waals surface area (Å²) in [5, 5.41) is 0. The number of hydrogen-bond donors (Lipinski definition) is 0. The van der Waals surface area contributed by atoms with Crippen molar-refractivity contribution in [3.05, 3.63) is 107 Å². The molecule has 7 nitrogen and oxygen atoms in total. The third kappa shape index (κ3) is 4.84. The molecule has 1 aliphatic heterocycles. The lowest BCUT2D eigenvalue weighted by atomic mass is 9.96. The van der Waals surface area contributed by atoms with E-state index in [2.05, 4.69) is 20.9 Å². The van der Waals surface area contributed by atoms with Gasteiger partial charge in [0.25, 0.3) is 5.56 Å². The van der Waals surface area contributed by atoms with Crippen molar-refractivity contribution in [1.82, 2.24) is 4.57 Å². The summed E-state index contributed by atoms with van der Waals surface area (Å²) in [6.07, 6.45) is 1.71. The lowest BCUT2D eigenvalue weighted by Gasteiger charge is -2.24. The third-order valence-corrected chi connectivity index (χ3v) is 7.49. The number of allylic oxidation sites excluding steroid dienone is 1. The molecule has 0 unspecified atom stereocenters. The molecule has 2 aromatic heterocycles. The number of esters is 1. The number of carbonyl (C=O) groups is 1. The number of ether oxygens (including phenoxy) is 2. The summed E-state index contributed by atoms with van der Waals surface area (Å²) in [4.78, 5) is 31.8. The number of carbonyl (C=O) groups excluding carboxylic acids is 1. The Balaban J connectivity index is 1.62. The van der Waals surface area contributed by atoms with Crippen LogP contribution < -0.4 is 19.6 Å². The minimum atomic E-state index is -0.682. The van der Waals surface area contributed by atoms with Gasteiger partial charge in [0, 0.05) is 16.1 Å². The molecule has 0 aliphatic carbocycles. The van der Waals surface area contributed by atoms with Gasteiger partial charge in [-0.3, -0.25) is 9.36 Å². The molecule has 9 heteroatoms. The summed E-state index contributed by atoms with van der Waals surface area (Å²) in [6.45, 7) is 3.72. The van der Waals surface area contributed by atoms with Crippen molar-refractivity contribution in [1.29, 1.82) is 0 Å². The summed E-state index contributed by atoms with van der Waals surface area (Å²) in [6, 6.07) is 18.1. The molecule has 0 amide bonds. The van der Waals surface area contributed by atoms with Crippen molar-refractivity contribution < 1.29 is 18.7 Å². The van der Waals surface area contributed by atoms with Gasteiger partial charge in [0.2, 0.25) is 0 Å². The van der Waals surface area contributed by atoms with Crippen molar-refractivity contribution in [2.24, 2.45) is 4.99 Å². The van der Waals surface area contributed by atoms with Gasteiger partial charge in [-0.25, -0.2) is 9.79 Å². The average Bonchev–Trinajstić information content (AvgIpc) is 3.48. The van der Waals surface area contributed by atoms with Crippen LogP contribution in [0.15, 0.2) is 90.6 Å². The van der Waals surface area contributed by atoms with Gasteiger partial charge < -0.3 is 13.9 Å². The van der Waals surface area contributed by atoms with Crippen molar-refractivity contribution in [3.63, 3.8) is 0 Å². The van der Waals surface area contributed by atoms with Crippen LogP contribution in [-0.2, 0) is 9.53 Å². The molecule has 0 fully saturated rings. The van der Waals surface area contributed by atoms with E-state index in [4.69, 9.17) is 13.9 Å². The SMILES string of the molecule is CCOC(=O)C1=C(C)N=c2s/c(=C/c3ccc(-c4ccc(Br)cc4)o3)c(=O)n2[C@@H]1c1ccc(OC)cc1. The number of nitrogens with zero attached hydrogens (tertiary/aromatic N) is 2.